The number of nitrogens with zero attached hydrogens (tertiary/aromatic N) is 2. The van der Waals surface area contributed by atoms with E-state index >= 15 is 0 Å². The summed E-state index contributed by atoms with van der Waals surface area (Å²) in [7, 11) is 0. The lowest BCUT2D eigenvalue weighted by atomic mass is 9.95. The second kappa shape index (κ2) is 7.75. The van der Waals surface area contributed by atoms with E-state index in [9.17, 15) is 4.79 Å². The third-order valence-electron chi connectivity index (χ3n) is 4.86. The molecule has 4 rings (SSSR count). The number of allylic oxidation sites excluding steroid dienone is 3. The van der Waals surface area contributed by atoms with Gasteiger partial charge in [0.2, 0.25) is 11.9 Å². The van der Waals surface area contributed by atoms with E-state index in [0.717, 1.165) is 43.1 Å². The van der Waals surface area contributed by atoms with Crippen molar-refractivity contribution in [2.75, 3.05) is 25.0 Å². The van der Waals surface area contributed by atoms with Gasteiger partial charge in [-0.2, -0.15) is 0 Å². The maximum Gasteiger partial charge on any atom is 0.248 e. The molecule has 1 aromatic rings. The van der Waals surface area contributed by atoms with Crippen molar-refractivity contribution in [3.05, 3.63) is 53.8 Å². The maximum atomic E-state index is 11.2. The molecule has 0 saturated carbocycles. The lowest BCUT2D eigenvalue weighted by Gasteiger charge is -2.29. The minimum atomic E-state index is -0.446. The number of carbonyl (C=O) groups excluding carboxylic acids is 1. The molecule has 1 amide bonds. The molecule has 4 N–H and O–H groups in total. The van der Waals surface area contributed by atoms with Crippen LogP contribution in [0.2, 0.25) is 0 Å². The zero-order chi connectivity index (χ0) is 18.6. The van der Waals surface area contributed by atoms with Gasteiger partial charge < -0.3 is 21.1 Å². The van der Waals surface area contributed by atoms with Gasteiger partial charge in [-0.15, -0.1) is 0 Å². The van der Waals surface area contributed by atoms with E-state index in [-0.39, 0.29) is 12.0 Å². The molecule has 1 unspecified atom stereocenters. The fraction of sp³-hybridized carbons (Fsp3) is 0.350. The number of aliphatic imine (C=N–C) groups is 2. The van der Waals surface area contributed by atoms with Gasteiger partial charge >= 0.3 is 0 Å². The largest absolute Gasteiger partial charge is 0.488 e. The van der Waals surface area contributed by atoms with Crippen molar-refractivity contribution in [2.45, 2.75) is 18.9 Å². The minimum Gasteiger partial charge on any atom is -0.488 e. The second-order valence-corrected chi connectivity index (χ2v) is 6.82. The van der Waals surface area contributed by atoms with Crippen molar-refractivity contribution >= 4 is 23.3 Å². The Kier molecular flexibility index (Phi) is 5.02. The smallest absolute Gasteiger partial charge is 0.248 e. The van der Waals surface area contributed by atoms with Crippen molar-refractivity contribution in [1.82, 2.24) is 5.32 Å². The summed E-state index contributed by atoms with van der Waals surface area (Å²) < 4.78 is 6.25. The molecule has 140 valence electrons. The van der Waals surface area contributed by atoms with Crippen LogP contribution in [0, 0.1) is 5.92 Å². The molecular weight excluding hydrogens is 342 g/mol. The van der Waals surface area contributed by atoms with Crippen molar-refractivity contribution in [3.63, 3.8) is 0 Å². The third-order valence-corrected chi connectivity index (χ3v) is 4.86. The quantitative estimate of drug-likeness (QED) is 0.758. The number of anilines is 1. The van der Waals surface area contributed by atoms with E-state index in [1.807, 2.05) is 12.2 Å². The normalized spacial score (nSPS) is 22.2. The molecule has 7 heteroatoms. The molecule has 27 heavy (non-hydrogen) atoms. The molecule has 0 radical (unpaired) electrons. The molecule has 2 heterocycles. The second-order valence-electron chi connectivity index (χ2n) is 6.82. The van der Waals surface area contributed by atoms with Crippen molar-refractivity contribution in [3.8, 4) is 0 Å². The fourth-order valence-corrected chi connectivity index (χ4v) is 3.36. The van der Waals surface area contributed by atoms with Gasteiger partial charge in [0, 0.05) is 17.2 Å². The maximum absolute atomic E-state index is 11.2. The number of piperidine rings is 1. The Balaban J connectivity index is 1.48. The van der Waals surface area contributed by atoms with Crippen LogP contribution in [-0.4, -0.2) is 43.3 Å². The summed E-state index contributed by atoms with van der Waals surface area (Å²) in [4.78, 5) is 20.4. The number of benzene rings is 1. The molecular formula is C20H23N5O2. The Labute approximate surface area is 158 Å². The molecule has 0 aromatic heterocycles. The summed E-state index contributed by atoms with van der Waals surface area (Å²) in [6, 6.07) is 6.94. The lowest BCUT2D eigenvalue weighted by molar-refractivity contribution is 0.0990. The monoisotopic (exact) mass is 365 g/mol. The summed E-state index contributed by atoms with van der Waals surface area (Å²) in [6.45, 7) is 2.60. The van der Waals surface area contributed by atoms with E-state index in [4.69, 9.17) is 15.5 Å². The van der Waals surface area contributed by atoms with Gasteiger partial charge in [0.1, 0.15) is 11.9 Å². The Bertz CT molecular complexity index is 832. The molecule has 7 nitrogen and oxygen atoms in total. The van der Waals surface area contributed by atoms with Gasteiger partial charge in [0.25, 0.3) is 0 Å². The summed E-state index contributed by atoms with van der Waals surface area (Å²) in [5.41, 5.74) is 7.47. The zero-order valence-electron chi connectivity index (χ0n) is 15.0. The number of primary amides is 1. The summed E-state index contributed by atoms with van der Waals surface area (Å²) in [5, 5.41) is 6.55. The molecule has 1 atom stereocenters. The summed E-state index contributed by atoms with van der Waals surface area (Å²) >= 11 is 0. The van der Waals surface area contributed by atoms with Crippen LogP contribution >= 0.6 is 0 Å². The highest BCUT2D eigenvalue weighted by atomic mass is 16.5. The summed E-state index contributed by atoms with van der Waals surface area (Å²) in [5.74, 6) is 1.09. The number of hydrogen-bond acceptors (Lipinski definition) is 6. The average Bonchev–Trinajstić information content (AvgIpc) is 2.70. The molecule has 0 spiro atoms. The number of rotatable bonds is 4. The topological polar surface area (TPSA) is 101 Å². The Morgan fingerprint density at radius 3 is 2.74 bits per heavy atom. The highest BCUT2D eigenvalue weighted by molar-refractivity contribution is 6.12. The van der Waals surface area contributed by atoms with Crippen molar-refractivity contribution in [2.24, 2.45) is 21.6 Å². The highest BCUT2D eigenvalue weighted by Crippen LogP contribution is 2.24. The molecule has 2 aliphatic heterocycles. The van der Waals surface area contributed by atoms with Gasteiger partial charge in [0.15, 0.2) is 0 Å². The van der Waals surface area contributed by atoms with E-state index in [0.29, 0.717) is 18.1 Å². The molecule has 1 aliphatic carbocycles. The average molecular weight is 365 g/mol. The van der Waals surface area contributed by atoms with E-state index < -0.39 is 5.91 Å². The van der Waals surface area contributed by atoms with Crippen molar-refractivity contribution < 1.29 is 9.53 Å². The van der Waals surface area contributed by atoms with Crippen LogP contribution in [0.1, 0.15) is 23.2 Å². The first-order chi connectivity index (χ1) is 13.2. The SMILES string of the molecule is NC(=O)c1ccc(NC2=NCC3C=CC=C(OC4CCNCC4)C3=N2)cc1. The standard InChI is InChI=1S/C20H23N5O2/c21-19(26)13-4-6-15(7-5-13)24-20-23-12-14-2-1-3-17(18(14)25-20)27-16-8-10-22-11-9-16/h1-7,14,16,22H,8-12H2,(H2,21,26)(H,23,24). The number of hydrogen-bond donors (Lipinski definition) is 3. The molecule has 1 fully saturated rings. The van der Waals surface area contributed by atoms with Crippen LogP contribution in [-0.2, 0) is 4.74 Å². The molecule has 1 saturated heterocycles. The van der Waals surface area contributed by atoms with Gasteiger partial charge in [-0.1, -0.05) is 12.2 Å². The first kappa shape index (κ1) is 17.5. The van der Waals surface area contributed by atoms with Crippen LogP contribution in [0.15, 0.2) is 58.2 Å². The lowest BCUT2D eigenvalue weighted by Crippen LogP contribution is -2.35. The third kappa shape index (κ3) is 4.09. The number of fused-ring (bicyclic) bond motifs is 1. The van der Waals surface area contributed by atoms with Crippen LogP contribution in [0.4, 0.5) is 5.69 Å². The van der Waals surface area contributed by atoms with Crippen LogP contribution < -0.4 is 16.4 Å². The zero-order valence-corrected chi connectivity index (χ0v) is 15.0. The van der Waals surface area contributed by atoms with E-state index in [1.165, 1.54) is 0 Å². The number of nitrogens with two attached hydrogens (primary N) is 1. The summed E-state index contributed by atoms with van der Waals surface area (Å²) in [6.07, 6.45) is 8.35. The molecule has 1 aromatic carbocycles. The van der Waals surface area contributed by atoms with Crippen LogP contribution in [0.25, 0.3) is 0 Å². The van der Waals surface area contributed by atoms with E-state index in [2.05, 4.69) is 21.7 Å². The fourth-order valence-electron chi connectivity index (χ4n) is 3.36. The van der Waals surface area contributed by atoms with Crippen LogP contribution in [0.5, 0.6) is 0 Å². The number of carbonyl (C=O) groups is 1. The van der Waals surface area contributed by atoms with Crippen LogP contribution in [0.3, 0.4) is 0 Å². The van der Waals surface area contributed by atoms with Gasteiger partial charge in [0.05, 0.1) is 12.3 Å². The Hall–Kier alpha value is -2.93. The first-order valence-corrected chi connectivity index (χ1v) is 9.25. The van der Waals surface area contributed by atoms with Crippen molar-refractivity contribution in [1.29, 1.82) is 0 Å². The highest BCUT2D eigenvalue weighted by Gasteiger charge is 2.27. The molecule has 3 aliphatic rings. The number of guanidine groups is 1. The van der Waals surface area contributed by atoms with Gasteiger partial charge in [-0.3, -0.25) is 9.79 Å². The predicted molar refractivity (Wildman–Crippen MR) is 106 cm³/mol. The number of nitrogens with one attached hydrogen (secondary N) is 2. The Morgan fingerprint density at radius 2 is 2.00 bits per heavy atom. The van der Waals surface area contributed by atoms with E-state index in [1.54, 1.807) is 24.3 Å². The van der Waals surface area contributed by atoms with Gasteiger partial charge in [-0.05, 0) is 56.3 Å². The minimum absolute atomic E-state index is 0.148. The first-order valence-electron chi connectivity index (χ1n) is 9.25. The predicted octanol–water partition coefficient (Wildman–Crippen LogP) is 1.85. The van der Waals surface area contributed by atoms with Gasteiger partial charge in [-0.25, -0.2) is 4.99 Å². The number of amides is 1. The number of ether oxygens (including phenoxy) is 1. The Morgan fingerprint density at radius 1 is 1.22 bits per heavy atom. The molecule has 0 bridgehead atoms.